The maximum atomic E-state index is 11.4. The number of ether oxygens (including phenoxy) is 1. The van der Waals surface area contributed by atoms with Crippen LogP contribution in [0.15, 0.2) is 53.4 Å². The summed E-state index contributed by atoms with van der Waals surface area (Å²) in [6.45, 7) is 12.0. The normalized spacial score (nSPS) is 8.73. The second-order valence-electron chi connectivity index (χ2n) is 6.06. The molecule has 2 aromatic rings. The molecule has 0 bridgehead atoms. The lowest BCUT2D eigenvalue weighted by atomic mass is 10.2. The Labute approximate surface area is 193 Å². The first kappa shape index (κ1) is 30.1. The maximum Gasteiger partial charge on any atom is 0.285 e. The van der Waals surface area contributed by atoms with E-state index in [1.165, 1.54) is 11.8 Å². The van der Waals surface area contributed by atoms with Gasteiger partial charge in [-0.3, -0.25) is 4.79 Å². The van der Waals surface area contributed by atoms with Gasteiger partial charge in [0.15, 0.2) is 0 Å². The van der Waals surface area contributed by atoms with Crippen LogP contribution in [0, 0.1) is 13.8 Å². The molecule has 1 amide bonds. The standard InChI is InChI=1S/2C10H13NOS.2C2H6/c1-8-6-4-5-7-9(8)13-10(12)11(2)3;1-8-6-4-5-7-9(8)12-10(13)11(2)3;2*1-2/h2*4-7H,1-3H3;2*1-2H3. The molecule has 0 radical (unpaired) electrons. The highest BCUT2D eigenvalue weighted by Crippen LogP contribution is 2.23. The zero-order valence-electron chi connectivity index (χ0n) is 20.1. The van der Waals surface area contributed by atoms with Gasteiger partial charge in [-0.05, 0) is 61.1 Å². The van der Waals surface area contributed by atoms with Gasteiger partial charge in [0, 0.05) is 33.1 Å². The molecular weight excluding hydrogens is 412 g/mol. The van der Waals surface area contributed by atoms with Crippen molar-refractivity contribution in [1.29, 1.82) is 0 Å². The molecule has 0 aliphatic rings. The molecule has 0 N–H and O–H groups in total. The molecule has 30 heavy (non-hydrogen) atoms. The second kappa shape index (κ2) is 17.8. The van der Waals surface area contributed by atoms with Crippen molar-refractivity contribution in [1.82, 2.24) is 9.80 Å². The van der Waals surface area contributed by atoms with E-state index in [9.17, 15) is 4.79 Å². The van der Waals surface area contributed by atoms with Gasteiger partial charge in [0.1, 0.15) is 5.75 Å². The summed E-state index contributed by atoms with van der Waals surface area (Å²) in [4.78, 5) is 15.7. The van der Waals surface area contributed by atoms with Gasteiger partial charge in [0.25, 0.3) is 10.4 Å². The number of thiocarbonyl (C=S) groups is 1. The second-order valence-corrected chi connectivity index (χ2v) is 7.40. The van der Waals surface area contributed by atoms with Crippen LogP contribution in [0.5, 0.6) is 5.75 Å². The Bertz CT molecular complexity index is 684. The molecule has 0 fully saturated rings. The lowest BCUT2D eigenvalue weighted by molar-refractivity contribution is 0.241. The first-order valence-corrected chi connectivity index (χ1v) is 11.3. The van der Waals surface area contributed by atoms with Gasteiger partial charge in [-0.1, -0.05) is 64.1 Å². The minimum Gasteiger partial charge on any atom is -0.432 e. The third kappa shape index (κ3) is 12.5. The van der Waals surface area contributed by atoms with E-state index < -0.39 is 0 Å². The summed E-state index contributed by atoms with van der Waals surface area (Å²) in [5, 5.41) is 0.545. The van der Waals surface area contributed by atoms with Crippen molar-refractivity contribution < 1.29 is 9.53 Å². The fourth-order valence-corrected chi connectivity index (χ4v) is 2.55. The molecule has 168 valence electrons. The van der Waals surface area contributed by atoms with E-state index in [0.717, 1.165) is 21.8 Å². The number of hydrogen-bond donors (Lipinski definition) is 0. The zero-order valence-corrected chi connectivity index (χ0v) is 21.8. The predicted molar refractivity (Wildman–Crippen MR) is 137 cm³/mol. The van der Waals surface area contributed by atoms with Crippen LogP contribution in [0.2, 0.25) is 0 Å². The van der Waals surface area contributed by atoms with Gasteiger partial charge in [-0.25, -0.2) is 0 Å². The lowest BCUT2D eigenvalue weighted by Crippen LogP contribution is -2.25. The Morgan fingerprint density at radius 1 is 0.800 bits per heavy atom. The van der Waals surface area contributed by atoms with Crippen molar-refractivity contribution in [2.75, 3.05) is 28.2 Å². The molecule has 0 heterocycles. The smallest absolute Gasteiger partial charge is 0.285 e. The molecule has 6 heteroatoms. The average Bonchev–Trinajstić information content (AvgIpc) is 2.74. The van der Waals surface area contributed by atoms with Crippen molar-refractivity contribution >= 4 is 34.4 Å². The van der Waals surface area contributed by atoms with Gasteiger partial charge in [-0.15, -0.1) is 0 Å². The Hall–Kier alpha value is -2.05. The summed E-state index contributed by atoms with van der Waals surface area (Å²) < 4.78 is 5.46. The van der Waals surface area contributed by atoms with E-state index in [1.54, 1.807) is 23.9 Å². The van der Waals surface area contributed by atoms with E-state index in [0.29, 0.717) is 5.17 Å². The molecule has 2 aromatic carbocycles. The number of para-hydroxylation sites is 1. The molecule has 0 atom stereocenters. The summed E-state index contributed by atoms with van der Waals surface area (Å²) in [7, 11) is 7.24. The molecule has 2 rings (SSSR count). The Kier molecular flexibility index (Phi) is 17.9. The van der Waals surface area contributed by atoms with Crippen LogP contribution in [-0.4, -0.2) is 48.4 Å². The third-order valence-corrected chi connectivity index (χ3v) is 4.98. The van der Waals surface area contributed by atoms with Crippen molar-refractivity contribution in [3.63, 3.8) is 0 Å². The number of hydrogen-bond acceptors (Lipinski definition) is 4. The molecule has 0 saturated heterocycles. The number of nitrogens with zero attached hydrogens (tertiary/aromatic N) is 2. The van der Waals surface area contributed by atoms with E-state index in [-0.39, 0.29) is 5.24 Å². The highest BCUT2D eigenvalue weighted by molar-refractivity contribution is 8.13. The summed E-state index contributed by atoms with van der Waals surface area (Å²) in [6, 6.07) is 15.7. The summed E-state index contributed by atoms with van der Waals surface area (Å²) in [6.07, 6.45) is 0. The number of carbonyl (C=O) groups is 1. The fraction of sp³-hybridized carbons (Fsp3) is 0.417. The summed E-state index contributed by atoms with van der Waals surface area (Å²) in [5.74, 6) is 0.821. The van der Waals surface area contributed by atoms with Crippen LogP contribution in [0.1, 0.15) is 38.8 Å². The van der Waals surface area contributed by atoms with Crippen molar-refractivity contribution in [2.24, 2.45) is 0 Å². The van der Waals surface area contributed by atoms with Crippen LogP contribution in [0.4, 0.5) is 4.79 Å². The molecule has 0 spiro atoms. The van der Waals surface area contributed by atoms with Crippen LogP contribution in [0.25, 0.3) is 0 Å². The summed E-state index contributed by atoms with van der Waals surface area (Å²) >= 11 is 6.29. The lowest BCUT2D eigenvalue weighted by Gasteiger charge is -2.15. The Balaban J connectivity index is 0. The first-order valence-electron chi connectivity index (χ1n) is 10.1. The summed E-state index contributed by atoms with van der Waals surface area (Å²) in [5.41, 5.74) is 2.23. The van der Waals surface area contributed by atoms with Crippen molar-refractivity contribution in [2.45, 2.75) is 46.4 Å². The topological polar surface area (TPSA) is 32.8 Å². The fourth-order valence-electron chi connectivity index (χ4n) is 1.71. The molecule has 4 nitrogen and oxygen atoms in total. The van der Waals surface area contributed by atoms with Crippen LogP contribution in [0.3, 0.4) is 0 Å². The molecule has 0 aromatic heterocycles. The molecule has 0 aliphatic carbocycles. The average molecular weight is 451 g/mol. The van der Waals surface area contributed by atoms with Crippen molar-refractivity contribution in [3.8, 4) is 5.75 Å². The predicted octanol–water partition coefficient (Wildman–Crippen LogP) is 7.04. The maximum absolute atomic E-state index is 11.4. The zero-order chi connectivity index (χ0) is 23.7. The minimum absolute atomic E-state index is 0.0642. The first-order chi connectivity index (χ1) is 14.2. The monoisotopic (exact) mass is 450 g/mol. The van der Waals surface area contributed by atoms with E-state index in [2.05, 4.69) is 0 Å². The number of aryl methyl sites for hydroxylation is 2. The number of amides is 1. The Morgan fingerprint density at radius 2 is 1.27 bits per heavy atom. The van der Waals surface area contributed by atoms with Gasteiger partial charge in [0.2, 0.25) is 0 Å². The quantitative estimate of drug-likeness (QED) is 0.362. The highest BCUT2D eigenvalue weighted by Gasteiger charge is 2.07. The number of carbonyl (C=O) groups excluding carboxylic acids is 1. The number of rotatable bonds is 2. The van der Waals surface area contributed by atoms with Crippen LogP contribution < -0.4 is 4.74 Å². The highest BCUT2D eigenvalue weighted by atomic mass is 32.2. The van der Waals surface area contributed by atoms with Gasteiger partial charge in [0.05, 0.1) is 0 Å². The molecule has 0 aliphatic heterocycles. The van der Waals surface area contributed by atoms with Crippen molar-refractivity contribution in [3.05, 3.63) is 59.7 Å². The number of benzene rings is 2. The SMILES string of the molecule is CC.CC.Cc1ccccc1OC(=S)N(C)C.Cc1ccccc1SC(=O)N(C)C. The minimum atomic E-state index is 0.0642. The molecule has 0 saturated carbocycles. The number of thioether (sulfide) groups is 1. The molecular formula is C24H38N2O2S2. The third-order valence-electron chi connectivity index (χ3n) is 3.31. The van der Waals surface area contributed by atoms with E-state index in [4.69, 9.17) is 17.0 Å². The van der Waals surface area contributed by atoms with Gasteiger partial charge in [-0.2, -0.15) is 0 Å². The molecule has 0 unspecified atom stereocenters. The van der Waals surface area contributed by atoms with E-state index >= 15 is 0 Å². The van der Waals surface area contributed by atoms with Gasteiger partial charge >= 0.3 is 0 Å². The van der Waals surface area contributed by atoms with E-state index in [1.807, 2.05) is 104 Å². The van der Waals surface area contributed by atoms with Crippen LogP contribution in [-0.2, 0) is 0 Å². The largest absolute Gasteiger partial charge is 0.432 e. The Morgan fingerprint density at radius 3 is 1.70 bits per heavy atom. The van der Waals surface area contributed by atoms with Crippen LogP contribution >= 0.6 is 24.0 Å². The van der Waals surface area contributed by atoms with Gasteiger partial charge < -0.3 is 14.5 Å².